The average molecular weight is 729 g/mol. The topological polar surface area (TPSA) is 3.24 Å². The molecule has 0 aliphatic heterocycles. The summed E-state index contributed by atoms with van der Waals surface area (Å²) >= 11 is 0. The van der Waals surface area contributed by atoms with Gasteiger partial charge in [0.25, 0.3) is 0 Å². The number of fused-ring (bicyclic) bond motifs is 4. The third-order valence-corrected chi connectivity index (χ3v) is 10.7. The molecule has 0 heterocycles. The summed E-state index contributed by atoms with van der Waals surface area (Å²) in [6.07, 6.45) is 0. The molecule has 266 valence electrons. The molecule has 1 aliphatic carbocycles. The molecule has 0 radical (unpaired) electrons. The Morgan fingerprint density at radius 2 is 0.964 bits per heavy atom. The summed E-state index contributed by atoms with van der Waals surface area (Å²) in [4.78, 5) is 1.66. The van der Waals surface area contributed by atoms with Gasteiger partial charge in [0.15, 0.2) is 0 Å². The van der Waals surface area contributed by atoms with E-state index in [1.54, 1.807) is 4.90 Å². The quantitative estimate of drug-likeness (QED) is 0.158. The Labute approximate surface area is 348 Å². The lowest BCUT2D eigenvalue weighted by molar-refractivity contribution is 0.662. The van der Waals surface area contributed by atoms with Crippen molar-refractivity contribution in [3.63, 3.8) is 0 Å². The first-order valence-corrected chi connectivity index (χ1v) is 18.5. The molecule has 0 atom stereocenters. The molecule has 0 N–H and O–H groups in total. The van der Waals surface area contributed by atoms with Crippen LogP contribution in [0.2, 0.25) is 0 Å². The Balaban J connectivity index is 1.16. The average Bonchev–Trinajstić information content (AvgIpc) is 3.60. The molecule has 0 fully saturated rings. The van der Waals surface area contributed by atoms with Crippen LogP contribution in [0.4, 0.5) is 17.1 Å². The summed E-state index contributed by atoms with van der Waals surface area (Å²) in [6.45, 7) is 4.45. The maximum Gasteiger partial charge on any atom is 0.0645 e. The Bertz CT molecular complexity index is 3550. The summed E-state index contributed by atoms with van der Waals surface area (Å²) in [5.41, 5.74) is 7.10. The Kier molecular flexibility index (Phi) is 5.49. The predicted molar refractivity (Wildman–Crippen MR) is 238 cm³/mol. The van der Waals surface area contributed by atoms with Gasteiger partial charge in [-0.25, -0.2) is 0 Å². The number of hydrogen-bond donors (Lipinski definition) is 0. The molecule has 1 heteroatoms. The zero-order chi connectivity index (χ0) is 49.0. The Morgan fingerprint density at radius 1 is 0.393 bits per heavy atom. The number of hydrogen-bond acceptors (Lipinski definition) is 1. The molecule has 56 heavy (non-hydrogen) atoms. The van der Waals surface area contributed by atoms with Gasteiger partial charge in [-0.2, -0.15) is 0 Å². The van der Waals surface area contributed by atoms with Gasteiger partial charge in [-0.15, -0.1) is 0 Å². The molecule has 1 aliphatic rings. The van der Waals surface area contributed by atoms with Crippen molar-refractivity contribution in [2.24, 2.45) is 0 Å². The van der Waals surface area contributed by atoms with Crippen LogP contribution >= 0.6 is 0 Å². The van der Waals surface area contributed by atoms with Crippen LogP contribution in [0.3, 0.4) is 0 Å². The van der Waals surface area contributed by atoms with E-state index in [4.69, 9.17) is 12.3 Å². The largest absolute Gasteiger partial charge is 0.310 e. The van der Waals surface area contributed by atoms with Gasteiger partial charge in [-0.3, -0.25) is 0 Å². The molecule has 0 aromatic heterocycles. The standard InChI is InChI=1S/C55H41N/c1-55(2)53-24-9-8-20-51(53)52-23-12-22-50(54(52)55)43-31-35-46(36-32-43)56(47-18-10-17-44(37-47)49-21-11-16-42-15-6-7-19-48(42)49)45-33-29-41(30-34-45)40-27-25-39(26-28-40)38-13-4-3-5-14-38/h3-37H,1-2H3/i3D,4D,5D,13D,14D,25D,26D,27D,28D,29D,30D,33D,34D. The Morgan fingerprint density at radius 3 is 1.73 bits per heavy atom. The monoisotopic (exact) mass is 728 g/mol. The second kappa shape index (κ2) is 13.7. The van der Waals surface area contributed by atoms with Crippen LogP contribution in [0.25, 0.3) is 66.4 Å². The lowest BCUT2D eigenvalue weighted by Gasteiger charge is -2.27. The minimum atomic E-state index is -0.770. The lowest BCUT2D eigenvalue weighted by atomic mass is 9.79. The molecule has 0 spiro atoms. The van der Waals surface area contributed by atoms with E-state index in [-0.39, 0.29) is 11.1 Å². The number of benzene rings is 9. The maximum atomic E-state index is 9.64. The van der Waals surface area contributed by atoms with Gasteiger partial charge < -0.3 is 4.90 Å². The van der Waals surface area contributed by atoms with Crippen molar-refractivity contribution in [1.82, 2.24) is 0 Å². The molecule has 0 bridgehead atoms. The van der Waals surface area contributed by atoms with E-state index in [0.29, 0.717) is 11.4 Å². The summed E-state index contributed by atoms with van der Waals surface area (Å²) in [5.74, 6) is 0. The van der Waals surface area contributed by atoms with Crippen molar-refractivity contribution in [3.05, 3.63) is 223 Å². The fraction of sp³-hybridized carbons (Fsp3) is 0.0545. The van der Waals surface area contributed by atoms with Crippen LogP contribution in [-0.4, -0.2) is 0 Å². The van der Waals surface area contributed by atoms with Crippen molar-refractivity contribution in [2.45, 2.75) is 19.3 Å². The van der Waals surface area contributed by atoms with Crippen LogP contribution in [0.1, 0.15) is 42.8 Å². The molecule has 1 nitrogen and oxygen atoms in total. The first kappa shape index (κ1) is 22.4. The molecular formula is C55H41N. The smallest absolute Gasteiger partial charge is 0.0645 e. The minimum absolute atomic E-state index is 0.125. The van der Waals surface area contributed by atoms with Crippen LogP contribution < -0.4 is 4.90 Å². The zero-order valence-electron chi connectivity index (χ0n) is 43.6. The van der Waals surface area contributed by atoms with E-state index >= 15 is 0 Å². The van der Waals surface area contributed by atoms with E-state index in [2.05, 4.69) is 56.3 Å². The highest BCUT2D eigenvalue weighted by molar-refractivity contribution is 5.97. The van der Waals surface area contributed by atoms with Crippen LogP contribution in [0.5, 0.6) is 0 Å². The van der Waals surface area contributed by atoms with Gasteiger partial charge in [-0.05, 0) is 114 Å². The molecule has 10 rings (SSSR count). The van der Waals surface area contributed by atoms with Crippen molar-refractivity contribution >= 4 is 27.8 Å². The minimum Gasteiger partial charge on any atom is -0.310 e. The summed E-state index contributed by atoms with van der Waals surface area (Å²) < 4.78 is 116. The third kappa shape index (κ3) is 5.81. The SMILES string of the molecule is [2H]c1c([2H])c([2H])c(-c2c([2H])c([2H])c(-c3c([2H])c([2H])c(N(c4ccc(-c5cccc6c5C(C)(C)c5ccccc5-6)cc4)c4cccc(-c5cccc6ccccc56)c4)c([2H])c3[2H])c([2H])c2[2H])c([2H])c1[2H]. The number of anilines is 3. The highest BCUT2D eigenvalue weighted by Gasteiger charge is 2.37. The molecule has 0 saturated carbocycles. The van der Waals surface area contributed by atoms with E-state index < -0.39 is 101 Å². The Hall–Kier alpha value is -6.96. The number of nitrogens with zero attached hydrogens (tertiary/aromatic N) is 1. The molecular weight excluding hydrogens is 675 g/mol. The van der Waals surface area contributed by atoms with Crippen molar-refractivity contribution in [3.8, 4) is 55.6 Å². The van der Waals surface area contributed by atoms with Gasteiger partial charge in [0.1, 0.15) is 0 Å². The van der Waals surface area contributed by atoms with Gasteiger partial charge in [0, 0.05) is 22.5 Å². The molecule has 9 aromatic carbocycles. The second-order valence-electron chi connectivity index (χ2n) is 14.3. The highest BCUT2D eigenvalue weighted by Crippen LogP contribution is 2.52. The van der Waals surface area contributed by atoms with E-state index in [9.17, 15) is 5.48 Å². The van der Waals surface area contributed by atoms with Crippen molar-refractivity contribution in [2.75, 3.05) is 4.90 Å². The van der Waals surface area contributed by atoms with E-state index in [1.807, 2.05) is 91.0 Å². The second-order valence-corrected chi connectivity index (χ2v) is 14.3. The molecule has 0 amide bonds. The van der Waals surface area contributed by atoms with Gasteiger partial charge in [0.05, 0.1) is 17.8 Å². The normalized spacial score (nSPS) is 15.9. The van der Waals surface area contributed by atoms with Crippen LogP contribution in [0, 0.1) is 0 Å². The van der Waals surface area contributed by atoms with Gasteiger partial charge in [0.2, 0.25) is 0 Å². The van der Waals surface area contributed by atoms with Gasteiger partial charge >= 0.3 is 0 Å². The lowest BCUT2D eigenvalue weighted by Crippen LogP contribution is -2.16. The zero-order valence-corrected chi connectivity index (χ0v) is 30.6. The first-order chi connectivity index (χ1) is 32.9. The summed E-state index contributed by atoms with van der Waals surface area (Å²) in [5, 5.41) is 2.05. The third-order valence-electron chi connectivity index (χ3n) is 10.7. The predicted octanol–water partition coefficient (Wildman–Crippen LogP) is 15.3. The molecule has 0 saturated heterocycles. The fourth-order valence-electron chi connectivity index (χ4n) is 8.06. The van der Waals surface area contributed by atoms with Crippen LogP contribution in [0.15, 0.2) is 212 Å². The van der Waals surface area contributed by atoms with Crippen LogP contribution in [-0.2, 0) is 5.41 Å². The fourth-order valence-corrected chi connectivity index (χ4v) is 8.06. The van der Waals surface area contributed by atoms with Crippen molar-refractivity contribution < 1.29 is 17.8 Å². The van der Waals surface area contributed by atoms with Crippen molar-refractivity contribution in [1.29, 1.82) is 0 Å². The molecule has 9 aromatic rings. The maximum absolute atomic E-state index is 9.64. The molecule has 0 unspecified atom stereocenters. The summed E-state index contributed by atoms with van der Waals surface area (Å²) in [7, 11) is 0. The van der Waals surface area contributed by atoms with E-state index in [0.717, 1.165) is 33.0 Å². The van der Waals surface area contributed by atoms with Gasteiger partial charge in [-0.1, -0.05) is 190 Å². The summed E-state index contributed by atoms with van der Waals surface area (Å²) in [6, 6.07) is 35.2. The first-order valence-electron chi connectivity index (χ1n) is 25.0. The number of rotatable bonds is 7. The highest BCUT2D eigenvalue weighted by atomic mass is 15.1. The van der Waals surface area contributed by atoms with E-state index in [1.165, 1.54) is 22.3 Å².